The fraction of sp³-hybridized carbons (Fsp3) is 0.278. The minimum atomic E-state index is -0.528. The van der Waals surface area contributed by atoms with Crippen LogP contribution in [0.3, 0.4) is 0 Å². The van der Waals surface area contributed by atoms with Gasteiger partial charge < -0.3 is 10.1 Å². The van der Waals surface area contributed by atoms with E-state index in [1.165, 1.54) is 11.1 Å². The highest BCUT2D eigenvalue weighted by Crippen LogP contribution is 2.45. The largest absolute Gasteiger partial charge is 0.467 e. The molecule has 2 aromatic carbocycles. The summed E-state index contributed by atoms with van der Waals surface area (Å²) >= 11 is 11.8. The third kappa shape index (κ3) is 2.37. The minimum absolute atomic E-state index is 0.173. The Labute approximate surface area is 146 Å². The normalized spacial score (nSPS) is 25.4. The molecule has 0 unspecified atom stereocenters. The van der Waals surface area contributed by atoms with E-state index in [1.54, 1.807) is 0 Å². The van der Waals surface area contributed by atoms with Crippen molar-refractivity contribution < 1.29 is 4.74 Å². The summed E-state index contributed by atoms with van der Waals surface area (Å²) < 4.78 is 6.38. The molecule has 0 aliphatic carbocycles. The molecule has 4 rings (SSSR count). The van der Waals surface area contributed by atoms with Crippen molar-refractivity contribution in [3.05, 3.63) is 58.6 Å². The number of thiocarbonyl (C=S) groups is 1. The van der Waals surface area contributed by atoms with Crippen LogP contribution >= 0.6 is 23.8 Å². The SMILES string of the molecule is Cc1ccc2c(c1)[C@H]1C[C@@](C)(O2)N(c2cccc(Cl)c2)C(=S)N1. The van der Waals surface area contributed by atoms with Crippen LogP contribution in [0.25, 0.3) is 0 Å². The molecule has 1 N–H and O–H groups in total. The lowest BCUT2D eigenvalue weighted by Crippen LogP contribution is -2.65. The Morgan fingerprint density at radius 2 is 2.13 bits per heavy atom. The molecule has 2 aromatic rings. The Bertz CT molecular complexity index is 809. The maximum atomic E-state index is 6.38. The lowest BCUT2D eigenvalue weighted by atomic mass is 9.89. The summed E-state index contributed by atoms with van der Waals surface area (Å²) in [7, 11) is 0. The van der Waals surface area contributed by atoms with Gasteiger partial charge in [-0.25, -0.2) is 0 Å². The van der Waals surface area contributed by atoms with E-state index in [1.807, 2.05) is 35.2 Å². The molecule has 2 bridgehead atoms. The Morgan fingerprint density at radius 1 is 1.30 bits per heavy atom. The molecule has 1 saturated heterocycles. The molecule has 118 valence electrons. The molecule has 2 atom stereocenters. The van der Waals surface area contributed by atoms with Crippen molar-refractivity contribution in [2.45, 2.75) is 32.0 Å². The number of benzene rings is 2. The van der Waals surface area contributed by atoms with Crippen LogP contribution < -0.4 is 15.0 Å². The number of halogens is 1. The topological polar surface area (TPSA) is 24.5 Å². The van der Waals surface area contributed by atoms with Gasteiger partial charge in [0.2, 0.25) is 0 Å². The predicted octanol–water partition coefficient (Wildman–Crippen LogP) is 4.58. The standard InChI is InChI=1S/C18H17ClN2OS/c1-11-6-7-16-14(8-11)15-10-18(2,22-16)21(17(23)20-15)13-5-3-4-12(19)9-13/h3-9,15H,10H2,1-2H3,(H,20,23)/t15-,18-/m1/s1. The van der Waals surface area contributed by atoms with Crippen LogP contribution in [0.4, 0.5) is 5.69 Å². The van der Waals surface area contributed by atoms with Crippen LogP contribution in [0.15, 0.2) is 42.5 Å². The van der Waals surface area contributed by atoms with Crippen molar-refractivity contribution in [1.82, 2.24) is 5.32 Å². The van der Waals surface area contributed by atoms with Gasteiger partial charge in [-0.2, -0.15) is 0 Å². The van der Waals surface area contributed by atoms with Gasteiger partial charge in [-0.3, -0.25) is 4.90 Å². The van der Waals surface area contributed by atoms with Crippen molar-refractivity contribution in [2.75, 3.05) is 4.90 Å². The summed E-state index contributed by atoms with van der Waals surface area (Å²) in [5, 5.41) is 4.81. The highest BCUT2D eigenvalue weighted by molar-refractivity contribution is 7.80. The van der Waals surface area contributed by atoms with Crippen LogP contribution in [0.2, 0.25) is 5.02 Å². The maximum Gasteiger partial charge on any atom is 0.188 e. The second-order valence-electron chi connectivity index (χ2n) is 6.34. The van der Waals surface area contributed by atoms with Gasteiger partial charge in [-0.15, -0.1) is 0 Å². The number of fused-ring (bicyclic) bond motifs is 4. The predicted molar refractivity (Wildman–Crippen MR) is 97.2 cm³/mol. The van der Waals surface area contributed by atoms with Crippen molar-refractivity contribution in [2.24, 2.45) is 0 Å². The fourth-order valence-electron chi connectivity index (χ4n) is 3.50. The first-order valence-corrected chi connectivity index (χ1v) is 8.41. The third-order valence-electron chi connectivity index (χ3n) is 4.49. The lowest BCUT2D eigenvalue weighted by Gasteiger charge is -2.52. The molecule has 5 heteroatoms. The Kier molecular flexibility index (Phi) is 3.29. The zero-order valence-corrected chi connectivity index (χ0v) is 14.5. The van der Waals surface area contributed by atoms with Crippen molar-refractivity contribution in [1.29, 1.82) is 0 Å². The highest BCUT2D eigenvalue weighted by atomic mass is 35.5. The summed E-state index contributed by atoms with van der Waals surface area (Å²) in [4.78, 5) is 2.02. The molecule has 23 heavy (non-hydrogen) atoms. The molecule has 3 nitrogen and oxygen atoms in total. The minimum Gasteiger partial charge on any atom is -0.467 e. The molecule has 0 saturated carbocycles. The molecule has 0 spiro atoms. The summed E-state index contributed by atoms with van der Waals surface area (Å²) in [5.41, 5.74) is 2.81. The van der Waals surface area contributed by atoms with Crippen LogP contribution in [0.5, 0.6) is 5.75 Å². The fourth-order valence-corrected chi connectivity index (χ4v) is 4.13. The molecular formula is C18H17ClN2OS. The molecular weight excluding hydrogens is 328 g/mol. The molecule has 2 heterocycles. The summed E-state index contributed by atoms with van der Waals surface area (Å²) in [5.74, 6) is 0.913. The zero-order valence-electron chi connectivity index (χ0n) is 13.0. The lowest BCUT2D eigenvalue weighted by molar-refractivity contribution is 0.0497. The van der Waals surface area contributed by atoms with Crippen molar-refractivity contribution in [3.8, 4) is 5.75 Å². The van der Waals surface area contributed by atoms with Gasteiger partial charge in [0.15, 0.2) is 10.8 Å². The molecule has 2 aliphatic heterocycles. The van der Waals surface area contributed by atoms with E-state index in [0.29, 0.717) is 10.1 Å². The van der Waals surface area contributed by atoms with Gasteiger partial charge in [0.25, 0.3) is 0 Å². The van der Waals surface area contributed by atoms with Crippen LogP contribution in [-0.4, -0.2) is 10.8 Å². The van der Waals surface area contributed by atoms with Gasteiger partial charge in [0.05, 0.1) is 6.04 Å². The van der Waals surface area contributed by atoms with Crippen molar-refractivity contribution >= 4 is 34.6 Å². The number of ether oxygens (including phenoxy) is 1. The highest BCUT2D eigenvalue weighted by Gasteiger charge is 2.48. The first kappa shape index (κ1) is 14.8. The van der Waals surface area contributed by atoms with Crippen molar-refractivity contribution in [3.63, 3.8) is 0 Å². The van der Waals surface area contributed by atoms with Gasteiger partial charge >= 0.3 is 0 Å². The van der Waals surface area contributed by atoms with Crippen LogP contribution in [0, 0.1) is 6.92 Å². The number of rotatable bonds is 1. The summed E-state index contributed by atoms with van der Waals surface area (Å²) in [6.45, 7) is 4.17. The van der Waals surface area contributed by atoms with E-state index in [9.17, 15) is 0 Å². The zero-order chi connectivity index (χ0) is 16.2. The molecule has 1 fully saturated rings. The second-order valence-corrected chi connectivity index (χ2v) is 7.16. The average Bonchev–Trinajstić information content (AvgIpc) is 2.47. The number of nitrogens with one attached hydrogen (secondary N) is 1. The molecule has 0 aromatic heterocycles. The second kappa shape index (κ2) is 5.11. The van der Waals surface area contributed by atoms with E-state index in [-0.39, 0.29) is 6.04 Å². The quantitative estimate of drug-likeness (QED) is 0.765. The van der Waals surface area contributed by atoms with E-state index in [0.717, 1.165) is 17.9 Å². The van der Waals surface area contributed by atoms with Crippen LogP contribution in [-0.2, 0) is 0 Å². The third-order valence-corrected chi connectivity index (χ3v) is 5.03. The van der Waals surface area contributed by atoms with Gasteiger partial charge in [-0.05, 0) is 50.3 Å². The number of aryl methyl sites for hydroxylation is 1. The maximum absolute atomic E-state index is 6.38. The number of anilines is 1. The Morgan fingerprint density at radius 3 is 2.91 bits per heavy atom. The molecule has 0 radical (unpaired) electrons. The smallest absolute Gasteiger partial charge is 0.188 e. The number of nitrogens with zero attached hydrogens (tertiary/aromatic N) is 1. The van der Waals surface area contributed by atoms with Gasteiger partial charge in [-0.1, -0.05) is 35.4 Å². The number of hydrogen-bond acceptors (Lipinski definition) is 2. The number of hydrogen-bond donors (Lipinski definition) is 1. The average molecular weight is 345 g/mol. The molecule has 0 amide bonds. The summed E-state index contributed by atoms with van der Waals surface area (Å²) in [6, 6.07) is 14.2. The molecule has 2 aliphatic rings. The van der Waals surface area contributed by atoms with Crippen LogP contribution in [0.1, 0.15) is 30.5 Å². The first-order valence-electron chi connectivity index (χ1n) is 7.62. The van der Waals surface area contributed by atoms with E-state index < -0.39 is 5.72 Å². The summed E-state index contributed by atoms with van der Waals surface area (Å²) in [6.07, 6.45) is 0.816. The van der Waals surface area contributed by atoms with E-state index >= 15 is 0 Å². The Hall–Kier alpha value is -1.78. The first-order chi connectivity index (χ1) is 11.0. The Balaban J connectivity index is 1.81. The van der Waals surface area contributed by atoms with Gasteiger partial charge in [0.1, 0.15) is 5.75 Å². The van der Waals surface area contributed by atoms with Gasteiger partial charge in [0, 0.05) is 22.7 Å². The monoisotopic (exact) mass is 344 g/mol. The van der Waals surface area contributed by atoms with E-state index in [4.69, 9.17) is 28.6 Å². The van der Waals surface area contributed by atoms with E-state index in [2.05, 4.69) is 31.3 Å².